The normalized spacial score (nSPS) is 18.1. The van der Waals surface area contributed by atoms with Crippen LogP contribution in [0, 0.1) is 5.92 Å². The van der Waals surface area contributed by atoms with E-state index in [0.717, 1.165) is 4.47 Å². The minimum absolute atomic E-state index is 0.385. The van der Waals surface area contributed by atoms with Gasteiger partial charge in [0.05, 0.1) is 6.42 Å². The van der Waals surface area contributed by atoms with Crippen LogP contribution in [-0.4, -0.2) is 52.5 Å². The van der Waals surface area contributed by atoms with Crippen LogP contribution in [0.3, 0.4) is 0 Å². The molecule has 0 radical (unpaired) electrons. The van der Waals surface area contributed by atoms with Gasteiger partial charge in [-0.15, -0.1) is 0 Å². The number of carbonyl (C=O) groups is 5. The lowest BCUT2D eigenvalue weighted by atomic mass is 9.83. The molecule has 1 aliphatic rings. The molecule has 0 spiro atoms. The fourth-order valence-electron chi connectivity index (χ4n) is 3.07. The lowest BCUT2D eigenvalue weighted by Gasteiger charge is -2.30. The third kappa shape index (κ3) is 6.91. The summed E-state index contributed by atoms with van der Waals surface area (Å²) in [4.78, 5) is 62.2. The van der Waals surface area contributed by atoms with Gasteiger partial charge in [-0.2, -0.15) is 5.01 Å². The Balaban J connectivity index is 2.04. The highest BCUT2D eigenvalue weighted by Crippen LogP contribution is 2.29. The van der Waals surface area contributed by atoms with E-state index in [4.69, 9.17) is 4.74 Å². The Morgan fingerprint density at radius 2 is 1.76 bits per heavy atom. The van der Waals surface area contributed by atoms with Gasteiger partial charge in [0.25, 0.3) is 5.91 Å². The number of halogens is 1. The van der Waals surface area contributed by atoms with Gasteiger partial charge in [0.1, 0.15) is 17.7 Å². The summed E-state index contributed by atoms with van der Waals surface area (Å²) in [6.45, 7) is 8.02. The SMILES string of the molecule is CC(C)C1(CC(=O)NCC(=O)OC(C)(C)C)NC(=O)N(NC(=O)Nc2ccc(Br)cc2)C1=O. The van der Waals surface area contributed by atoms with Gasteiger partial charge in [0.2, 0.25) is 5.91 Å². The van der Waals surface area contributed by atoms with Gasteiger partial charge in [-0.05, 0) is 51.0 Å². The van der Waals surface area contributed by atoms with E-state index in [-0.39, 0.29) is 6.54 Å². The Morgan fingerprint density at radius 3 is 2.30 bits per heavy atom. The molecule has 180 valence electrons. The number of imide groups is 1. The molecule has 33 heavy (non-hydrogen) atoms. The van der Waals surface area contributed by atoms with E-state index in [2.05, 4.69) is 37.3 Å². The van der Waals surface area contributed by atoms with Gasteiger partial charge < -0.3 is 20.7 Å². The fourth-order valence-corrected chi connectivity index (χ4v) is 3.33. The molecule has 0 aromatic heterocycles. The summed E-state index contributed by atoms with van der Waals surface area (Å²) in [6.07, 6.45) is -0.426. The van der Waals surface area contributed by atoms with Crippen molar-refractivity contribution in [3.63, 3.8) is 0 Å². The van der Waals surface area contributed by atoms with Gasteiger partial charge in [-0.25, -0.2) is 15.0 Å². The third-order valence-corrected chi connectivity index (χ3v) is 5.24. The Kier molecular flexibility index (Phi) is 8.06. The average molecular weight is 526 g/mol. The molecule has 11 nitrogen and oxygen atoms in total. The molecule has 1 aromatic carbocycles. The second-order valence-electron chi connectivity index (χ2n) is 8.81. The first kappa shape index (κ1) is 26.1. The number of amides is 6. The Bertz CT molecular complexity index is 943. The van der Waals surface area contributed by atoms with E-state index in [1.165, 1.54) is 0 Å². The maximum absolute atomic E-state index is 13.1. The number of esters is 1. The molecule has 1 fully saturated rings. The van der Waals surface area contributed by atoms with E-state index in [1.54, 1.807) is 58.9 Å². The number of ether oxygens (including phenoxy) is 1. The topological polar surface area (TPSA) is 146 Å². The number of anilines is 1. The molecule has 1 aromatic rings. The highest BCUT2D eigenvalue weighted by molar-refractivity contribution is 9.10. The molecule has 1 unspecified atom stereocenters. The smallest absolute Gasteiger partial charge is 0.344 e. The third-order valence-electron chi connectivity index (χ3n) is 4.71. The van der Waals surface area contributed by atoms with E-state index >= 15 is 0 Å². The van der Waals surface area contributed by atoms with E-state index < -0.39 is 53.3 Å². The monoisotopic (exact) mass is 525 g/mol. The molecule has 4 N–H and O–H groups in total. The van der Waals surface area contributed by atoms with Crippen LogP contribution in [0.1, 0.15) is 41.0 Å². The standard InChI is InChI=1S/C21H28BrN5O6/c1-12(2)21(10-15(28)23-11-16(29)33-20(3,4)5)17(30)27(19(32)25-21)26-18(31)24-14-8-6-13(22)7-9-14/h6-9,12H,10-11H2,1-5H3,(H,23,28)(H,25,32)(H2,24,26,31). The Morgan fingerprint density at radius 1 is 1.15 bits per heavy atom. The van der Waals surface area contributed by atoms with Gasteiger partial charge in [0.15, 0.2) is 0 Å². The predicted molar refractivity (Wildman–Crippen MR) is 123 cm³/mol. The highest BCUT2D eigenvalue weighted by Gasteiger charge is 2.55. The van der Waals surface area contributed by atoms with Crippen molar-refractivity contribution >= 4 is 51.5 Å². The number of nitrogens with zero attached hydrogens (tertiary/aromatic N) is 1. The first-order valence-electron chi connectivity index (χ1n) is 10.2. The second kappa shape index (κ2) is 10.2. The van der Waals surface area contributed by atoms with Crippen molar-refractivity contribution in [2.24, 2.45) is 5.92 Å². The molecule has 1 atom stereocenters. The first-order chi connectivity index (χ1) is 15.2. The number of hydrazine groups is 1. The summed E-state index contributed by atoms with van der Waals surface area (Å²) in [6, 6.07) is 4.99. The molecular formula is C21H28BrN5O6. The van der Waals surface area contributed by atoms with Crippen molar-refractivity contribution in [3.8, 4) is 0 Å². The average Bonchev–Trinajstić information content (AvgIpc) is 2.92. The molecule has 12 heteroatoms. The zero-order valence-electron chi connectivity index (χ0n) is 19.1. The molecule has 1 saturated heterocycles. The van der Waals surface area contributed by atoms with Crippen molar-refractivity contribution < 1.29 is 28.7 Å². The Labute approximate surface area is 200 Å². The van der Waals surface area contributed by atoms with Crippen LogP contribution in [-0.2, 0) is 19.1 Å². The number of rotatable bonds is 7. The van der Waals surface area contributed by atoms with E-state index in [0.29, 0.717) is 10.7 Å². The van der Waals surface area contributed by atoms with Crippen molar-refractivity contribution in [2.45, 2.75) is 52.2 Å². The van der Waals surface area contributed by atoms with Gasteiger partial charge in [0, 0.05) is 10.2 Å². The molecule has 0 aliphatic carbocycles. The zero-order chi connectivity index (χ0) is 25.0. The number of hydrogen-bond donors (Lipinski definition) is 4. The van der Waals surface area contributed by atoms with E-state index in [9.17, 15) is 24.0 Å². The first-order valence-corrected chi connectivity index (χ1v) is 11.0. The maximum Gasteiger partial charge on any atom is 0.344 e. The second-order valence-corrected chi connectivity index (χ2v) is 9.73. The molecule has 1 heterocycles. The van der Waals surface area contributed by atoms with Crippen LogP contribution in [0.15, 0.2) is 28.7 Å². The number of urea groups is 2. The van der Waals surface area contributed by atoms with Crippen LogP contribution in [0.25, 0.3) is 0 Å². The fraction of sp³-hybridized carbons (Fsp3) is 0.476. The van der Waals surface area contributed by atoms with Crippen LogP contribution in [0.2, 0.25) is 0 Å². The summed E-state index contributed by atoms with van der Waals surface area (Å²) >= 11 is 3.28. The van der Waals surface area contributed by atoms with E-state index in [1.807, 2.05) is 0 Å². The zero-order valence-corrected chi connectivity index (χ0v) is 20.7. The minimum atomic E-state index is -1.60. The van der Waals surface area contributed by atoms with Gasteiger partial charge >= 0.3 is 18.0 Å². The van der Waals surface area contributed by atoms with Crippen molar-refractivity contribution in [1.82, 2.24) is 21.1 Å². The molecular weight excluding hydrogens is 498 g/mol. The summed E-state index contributed by atoms with van der Waals surface area (Å²) in [5.74, 6) is -2.56. The molecule has 1 aliphatic heterocycles. The highest BCUT2D eigenvalue weighted by atomic mass is 79.9. The molecule has 0 bridgehead atoms. The van der Waals surface area contributed by atoms with Crippen molar-refractivity contribution in [2.75, 3.05) is 11.9 Å². The summed E-state index contributed by atoms with van der Waals surface area (Å²) in [5, 5.41) is 7.96. The largest absolute Gasteiger partial charge is 0.459 e. The van der Waals surface area contributed by atoms with Crippen LogP contribution in [0.5, 0.6) is 0 Å². The van der Waals surface area contributed by atoms with Crippen molar-refractivity contribution in [1.29, 1.82) is 0 Å². The lowest BCUT2D eigenvalue weighted by molar-refractivity contribution is -0.154. The van der Waals surface area contributed by atoms with Crippen molar-refractivity contribution in [3.05, 3.63) is 28.7 Å². The van der Waals surface area contributed by atoms with Gasteiger partial charge in [-0.1, -0.05) is 29.8 Å². The number of hydrogen-bond acceptors (Lipinski definition) is 6. The summed E-state index contributed by atoms with van der Waals surface area (Å²) in [5.41, 5.74) is 0.342. The summed E-state index contributed by atoms with van der Waals surface area (Å²) in [7, 11) is 0. The molecule has 0 saturated carbocycles. The Hall–Kier alpha value is -3.15. The number of benzene rings is 1. The number of nitrogens with one attached hydrogen (secondary N) is 4. The maximum atomic E-state index is 13.1. The number of carbonyl (C=O) groups excluding carboxylic acids is 5. The predicted octanol–water partition coefficient (Wildman–Crippen LogP) is 2.28. The molecule has 2 rings (SSSR count). The van der Waals surface area contributed by atoms with Crippen LogP contribution >= 0.6 is 15.9 Å². The van der Waals surface area contributed by atoms with Gasteiger partial charge in [-0.3, -0.25) is 14.4 Å². The minimum Gasteiger partial charge on any atom is -0.459 e. The quantitative estimate of drug-likeness (QED) is 0.317. The van der Waals surface area contributed by atoms with Crippen LogP contribution < -0.4 is 21.4 Å². The summed E-state index contributed by atoms with van der Waals surface area (Å²) < 4.78 is 5.94. The molecule has 6 amide bonds. The van der Waals surface area contributed by atoms with Crippen LogP contribution in [0.4, 0.5) is 15.3 Å². The lowest BCUT2D eigenvalue weighted by Crippen LogP contribution is -2.56.